The van der Waals surface area contributed by atoms with Crippen molar-refractivity contribution in [3.05, 3.63) is 21.9 Å². The number of hydrogen-bond donors (Lipinski definition) is 1. The van der Waals surface area contributed by atoms with Crippen molar-refractivity contribution in [3.8, 4) is 0 Å². The van der Waals surface area contributed by atoms with Crippen LogP contribution in [0, 0.1) is 11.8 Å². The summed E-state index contributed by atoms with van der Waals surface area (Å²) in [5.41, 5.74) is 6.40. The molecule has 1 aliphatic rings. The van der Waals surface area contributed by atoms with Gasteiger partial charge in [0.05, 0.1) is 6.04 Å². The second kappa shape index (κ2) is 6.39. The molecule has 3 heteroatoms. The predicted octanol–water partition coefficient (Wildman–Crippen LogP) is 4.41. The molecule has 0 aliphatic carbocycles. The van der Waals surface area contributed by atoms with E-state index in [2.05, 4.69) is 58.6 Å². The molecular weight excluding hydrogens is 276 g/mol. The van der Waals surface area contributed by atoms with Gasteiger partial charge in [-0.1, -0.05) is 34.6 Å². The van der Waals surface area contributed by atoms with Crippen LogP contribution in [0.2, 0.25) is 0 Å². The van der Waals surface area contributed by atoms with Gasteiger partial charge in [-0.05, 0) is 42.7 Å². The van der Waals surface area contributed by atoms with E-state index in [9.17, 15) is 0 Å². The fourth-order valence-electron chi connectivity index (χ4n) is 3.52. The van der Waals surface area contributed by atoms with Gasteiger partial charge < -0.3 is 5.73 Å². The summed E-state index contributed by atoms with van der Waals surface area (Å²) in [6.45, 7) is 15.9. The van der Waals surface area contributed by atoms with E-state index >= 15 is 0 Å². The summed E-state index contributed by atoms with van der Waals surface area (Å²) in [6, 6.07) is 5.60. The smallest absolute Gasteiger partial charge is 0.0566 e. The Kier molecular flexibility index (Phi) is 5.17. The number of likely N-dealkylation sites (tertiary alicyclic amines) is 1. The van der Waals surface area contributed by atoms with Crippen molar-refractivity contribution >= 4 is 11.3 Å². The lowest BCUT2D eigenvalue weighted by molar-refractivity contribution is 0.0437. The molecule has 1 aliphatic heterocycles. The van der Waals surface area contributed by atoms with Crippen molar-refractivity contribution in [1.29, 1.82) is 0 Å². The number of nitrogens with two attached hydrogens (primary N) is 1. The highest BCUT2D eigenvalue weighted by molar-refractivity contribution is 7.12. The maximum atomic E-state index is 6.17. The van der Waals surface area contributed by atoms with E-state index in [1.807, 2.05) is 11.3 Å². The van der Waals surface area contributed by atoms with Crippen molar-refractivity contribution < 1.29 is 0 Å². The van der Waals surface area contributed by atoms with Crippen molar-refractivity contribution in [3.63, 3.8) is 0 Å². The highest BCUT2D eigenvalue weighted by Gasteiger charge is 2.34. The van der Waals surface area contributed by atoms with Gasteiger partial charge in [0, 0.05) is 28.9 Å². The van der Waals surface area contributed by atoms with Crippen molar-refractivity contribution in [2.75, 3.05) is 13.1 Å². The molecule has 21 heavy (non-hydrogen) atoms. The summed E-state index contributed by atoms with van der Waals surface area (Å²) < 4.78 is 0. The molecule has 1 fully saturated rings. The molecule has 1 aromatic rings. The van der Waals surface area contributed by atoms with Crippen molar-refractivity contribution in [2.45, 2.75) is 65.5 Å². The number of rotatable bonds is 3. The summed E-state index contributed by atoms with van der Waals surface area (Å²) in [5.74, 6) is 1.53. The average molecular weight is 309 g/mol. The second-order valence-electron chi connectivity index (χ2n) is 7.96. The van der Waals surface area contributed by atoms with Crippen molar-refractivity contribution in [1.82, 2.24) is 4.90 Å². The van der Waals surface area contributed by atoms with Crippen LogP contribution in [0.1, 0.15) is 63.8 Å². The third kappa shape index (κ3) is 3.69. The summed E-state index contributed by atoms with van der Waals surface area (Å²) >= 11 is 1.95. The molecule has 2 heterocycles. The molecular formula is C18H32N2S. The van der Waals surface area contributed by atoms with E-state index in [1.165, 1.54) is 22.7 Å². The fraction of sp³-hybridized carbons (Fsp3) is 0.778. The Labute approximate surface area is 134 Å². The van der Waals surface area contributed by atoms with Crippen LogP contribution >= 0.6 is 11.3 Å². The van der Waals surface area contributed by atoms with Crippen LogP contribution in [0.3, 0.4) is 0 Å². The van der Waals surface area contributed by atoms with Gasteiger partial charge >= 0.3 is 0 Å². The maximum absolute atomic E-state index is 6.17. The van der Waals surface area contributed by atoms with Crippen molar-refractivity contribution in [2.24, 2.45) is 17.6 Å². The van der Waals surface area contributed by atoms with E-state index < -0.39 is 0 Å². The fourth-order valence-corrected chi connectivity index (χ4v) is 4.72. The lowest BCUT2D eigenvalue weighted by Gasteiger charge is -2.45. The first kappa shape index (κ1) is 17.0. The maximum Gasteiger partial charge on any atom is 0.0566 e. The van der Waals surface area contributed by atoms with E-state index in [0.717, 1.165) is 11.8 Å². The highest BCUT2D eigenvalue weighted by atomic mass is 32.1. The Morgan fingerprint density at radius 3 is 2.48 bits per heavy atom. The number of nitrogens with zero attached hydrogens (tertiary/aromatic N) is 1. The van der Waals surface area contributed by atoms with Crippen LogP contribution in [-0.2, 0) is 5.41 Å². The molecule has 0 saturated carbocycles. The zero-order valence-electron chi connectivity index (χ0n) is 14.5. The molecule has 0 bridgehead atoms. The topological polar surface area (TPSA) is 29.3 Å². The Hall–Kier alpha value is -0.380. The van der Waals surface area contributed by atoms with Gasteiger partial charge in [0.25, 0.3) is 0 Å². The van der Waals surface area contributed by atoms with Crippen LogP contribution in [-0.4, -0.2) is 24.0 Å². The molecule has 2 N–H and O–H groups in total. The number of thiophene rings is 1. The molecule has 0 spiro atoms. The third-order valence-electron chi connectivity index (χ3n) is 4.96. The minimum absolute atomic E-state index is 0.232. The normalized spacial score (nSPS) is 29.6. The molecule has 120 valence electrons. The molecule has 1 saturated heterocycles. The zero-order valence-corrected chi connectivity index (χ0v) is 15.3. The van der Waals surface area contributed by atoms with Gasteiger partial charge in [0.2, 0.25) is 0 Å². The monoisotopic (exact) mass is 308 g/mol. The van der Waals surface area contributed by atoms with Gasteiger partial charge in [-0.25, -0.2) is 0 Å². The minimum Gasteiger partial charge on any atom is -0.329 e. The van der Waals surface area contributed by atoms with E-state index in [1.54, 1.807) is 0 Å². The Morgan fingerprint density at radius 2 is 1.95 bits per heavy atom. The minimum atomic E-state index is 0.232. The Balaban J connectivity index is 2.24. The van der Waals surface area contributed by atoms with Gasteiger partial charge in [0.1, 0.15) is 0 Å². The van der Waals surface area contributed by atoms with Gasteiger partial charge in [-0.15, -0.1) is 11.3 Å². The molecule has 1 aromatic heterocycles. The van der Waals surface area contributed by atoms with Gasteiger partial charge in [-0.3, -0.25) is 4.90 Å². The first-order valence-corrected chi connectivity index (χ1v) is 9.11. The Bertz CT molecular complexity index is 460. The van der Waals surface area contributed by atoms with Crippen LogP contribution in [0.15, 0.2) is 12.1 Å². The van der Waals surface area contributed by atoms with E-state index in [0.29, 0.717) is 18.6 Å². The summed E-state index contributed by atoms with van der Waals surface area (Å²) in [4.78, 5) is 5.55. The lowest BCUT2D eigenvalue weighted by atomic mass is 9.85. The second-order valence-corrected chi connectivity index (χ2v) is 9.07. The quantitative estimate of drug-likeness (QED) is 0.896. The third-order valence-corrected chi connectivity index (χ3v) is 6.57. The largest absolute Gasteiger partial charge is 0.329 e. The first-order valence-electron chi connectivity index (χ1n) is 8.30. The van der Waals surface area contributed by atoms with E-state index in [4.69, 9.17) is 5.73 Å². The molecule has 0 radical (unpaired) electrons. The molecule has 0 amide bonds. The predicted molar refractivity (Wildman–Crippen MR) is 93.9 cm³/mol. The summed E-state index contributed by atoms with van der Waals surface area (Å²) in [7, 11) is 0. The summed E-state index contributed by atoms with van der Waals surface area (Å²) in [5, 5.41) is 0. The van der Waals surface area contributed by atoms with Gasteiger partial charge in [0.15, 0.2) is 0 Å². The van der Waals surface area contributed by atoms with Crippen LogP contribution in [0.4, 0.5) is 0 Å². The van der Waals surface area contributed by atoms with Crippen LogP contribution < -0.4 is 5.73 Å². The first-order chi connectivity index (χ1) is 9.74. The SMILES string of the molecule is CC1CC(C)C(C)N(C(CN)c2ccc(C(C)(C)C)s2)C1. The highest BCUT2D eigenvalue weighted by Crippen LogP contribution is 2.38. The molecule has 4 atom stereocenters. The number of piperidine rings is 1. The number of hydrogen-bond acceptors (Lipinski definition) is 3. The molecule has 2 rings (SSSR count). The van der Waals surface area contributed by atoms with Crippen LogP contribution in [0.5, 0.6) is 0 Å². The average Bonchev–Trinajstić information content (AvgIpc) is 2.85. The van der Waals surface area contributed by atoms with Crippen LogP contribution in [0.25, 0.3) is 0 Å². The zero-order chi connectivity index (χ0) is 15.8. The standard InChI is InChI=1S/C18H32N2S/c1-12-9-13(2)14(3)20(11-12)15(10-19)16-7-8-17(21-16)18(4,5)6/h7-8,12-15H,9-11,19H2,1-6H3. The molecule has 2 nitrogen and oxygen atoms in total. The lowest BCUT2D eigenvalue weighted by Crippen LogP contribution is -2.49. The summed E-state index contributed by atoms with van der Waals surface area (Å²) in [6.07, 6.45) is 1.34. The molecule has 0 aromatic carbocycles. The molecule has 4 unspecified atom stereocenters. The van der Waals surface area contributed by atoms with Gasteiger partial charge in [-0.2, -0.15) is 0 Å². The Morgan fingerprint density at radius 1 is 1.29 bits per heavy atom. The van der Waals surface area contributed by atoms with E-state index in [-0.39, 0.29) is 5.41 Å².